The average Bonchev–Trinajstić information content (AvgIpc) is 2.82. The quantitative estimate of drug-likeness (QED) is 0.201. The molecule has 0 aliphatic heterocycles. The number of carbonyl (C=O) groups excluding carboxylic acids is 2. The maximum absolute atomic E-state index is 12.3. The molecule has 10 nitrogen and oxygen atoms in total. The van der Waals surface area contributed by atoms with E-state index in [1.807, 2.05) is 6.07 Å². The van der Waals surface area contributed by atoms with Gasteiger partial charge in [0.1, 0.15) is 5.02 Å². The second-order valence-electron chi connectivity index (χ2n) is 7.50. The van der Waals surface area contributed by atoms with E-state index in [0.29, 0.717) is 34.6 Å². The Balaban J connectivity index is 1.67. The van der Waals surface area contributed by atoms with Crippen LogP contribution in [-0.4, -0.2) is 46.1 Å². The van der Waals surface area contributed by atoms with Crippen LogP contribution >= 0.6 is 11.6 Å². The van der Waals surface area contributed by atoms with Gasteiger partial charge in [0, 0.05) is 12.0 Å². The van der Waals surface area contributed by atoms with Crippen molar-refractivity contribution in [2.45, 2.75) is 31.7 Å². The van der Waals surface area contributed by atoms with Gasteiger partial charge in [-0.25, -0.2) is 10.5 Å². The van der Waals surface area contributed by atoms with Crippen LogP contribution in [0, 0.1) is 5.92 Å². The molecule has 176 valence electrons. The molecule has 0 unspecified atom stereocenters. The van der Waals surface area contributed by atoms with Crippen LogP contribution in [0.3, 0.4) is 0 Å². The first-order valence-corrected chi connectivity index (χ1v) is 11.0. The maximum atomic E-state index is 12.3. The van der Waals surface area contributed by atoms with Gasteiger partial charge in [-0.2, -0.15) is 4.98 Å². The first-order chi connectivity index (χ1) is 16.0. The molecule has 1 fully saturated rings. The zero-order valence-corrected chi connectivity index (χ0v) is 18.8. The van der Waals surface area contributed by atoms with Crippen molar-refractivity contribution in [3.8, 4) is 0 Å². The molecule has 2 aromatic rings. The second kappa shape index (κ2) is 12.1. The standard InChI is InChI=1S/C22H27ClN6O4/c1-2-19(31)26-17-8-3-4-9-18(17)27-20-16(23)13-24-22(28-20)25-15-7-5-6-14(12-15)21(32)29-33-11-10-30/h2-4,8-9,13-15,30H,1,5-7,10-12H2,(H,26,31)(H,29,32)(H2,24,25,27,28)/t14-,15+/m1/s1. The van der Waals surface area contributed by atoms with E-state index < -0.39 is 0 Å². The molecule has 1 aromatic carbocycles. The predicted octanol–water partition coefficient (Wildman–Crippen LogP) is 3.01. The normalized spacial score (nSPS) is 17.6. The number of halogens is 1. The fourth-order valence-electron chi connectivity index (χ4n) is 3.53. The number of anilines is 4. The first-order valence-electron chi connectivity index (χ1n) is 10.6. The summed E-state index contributed by atoms with van der Waals surface area (Å²) in [6.07, 6.45) is 5.76. The van der Waals surface area contributed by atoms with E-state index in [0.717, 1.165) is 19.3 Å². The SMILES string of the molecule is C=CC(=O)Nc1ccccc1Nc1nc(N[C@H]2CCC[C@@H](C(=O)NOCCO)C2)ncc1Cl. The van der Waals surface area contributed by atoms with Crippen LogP contribution < -0.4 is 21.4 Å². The van der Waals surface area contributed by atoms with E-state index in [2.05, 4.69) is 38.0 Å². The molecule has 11 heteroatoms. The van der Waals surface area contributed by atoms with Gasteiger partial charge < -0.3 is 21.1 Å². The zero-order valence-electron chi connectivity index (χ0n) is 18.0. The summed E-state index contributed by atoms with van der Waals surface area (Å²) < 4.78 is 0. The van der Waals surface area contributed by atoms with Crippen molar-refractivity contribution >= 4 is 46.6 Å². The number of hydrogen-bond acceptors (Lipinski definition) is 8. The van der Waals surface area contributed by atoms with Crippen LogP contribution in [0.2, 0.25) is 5.02 Å². The monoisotopic (exact) mass is 474 g/mol. The summed E-state index contributed by atoms with van der Waals surface area (Å²) >= 11 is 6.30. The number of carbonyl (C=O) groups is 2. The third-order valence-electron chi connectivity index (χ3n) is 5.11. The van der Waals surface area contributed by atoms with Gasteiger partial charge in [-0.3, -0.25) is 14.4 Å². The predicted molar refractivity (Wildman–Crippen MR) is 126 cm³/mol. The van der Waals surface area contributed by atoms with Gasteiger partial charge in [0.05, 0.1) is 30.8 Å². The van der Waals surface area contributed by atoms with Gasteiger partial charge in [-0.05, 0) is 37.5 Å². The molecule has 2 amide bonds. The van der Waals surface area contributed by atoms with E-state index in [1.165, 1.54) is 12.3 Å². The Morgan fingerprint density at radius 3 is 2.82 bits per heavy atom. The minimum absolute atomic E-state index is 0.000494. The maximum Gasteiger partial charge on any atom is 0.247 e. The number of rotatable bonds is 10. The number of nitrogens with zero attached hydrogens (tertiary/aromatic N) is 2. The lowest BCUT2D eigenvalue weighted by Crippen LogP contribution is -2.38. The highest BCUT2D eigenvalue weighted by molar-refractivity contribution is 6.33. The Morgan fingerprint density at radius 1 is 1.27 bits per heavy atom. The number of hydrogen-bond donors (Lipinski definition) is 5. The Morgan fingerprint density at radius 2 is 2.06 bits per heavy atom. The lowest BCUT2D eigenvalue weighted by Gasteiger charge is -2.29. The van der Waals surface area contributed by atoms with Gasteiger partial charge in [-0.1, -0.05) is 36.7 Å². The Labute approximate surface area is 196 Å². The van der Waals surface area contributed by atoms with Crippen LogP contribution in [-0.2, 0) is 14.4 Å². The highest BCUT2D eigenvalue weighted by atomic mass is 35.5. The number of hydroxylamine groups is 1. The summed E-state index contributed by atoms with van der Waals surface area (Å²) in [6.45, 7) is 3.35. The number of aliphatic hydroxyl groups excluding tert-OH is 1. The number of para-hydroxylation sites is 2. The van der Waals surface area contributed by atoms with E-state index in [1.54, 1.807) is 18.2 Å². The van der Waals surface area contributed by atoms with Crippen molar-refractivity contribution in [3.05, 3.63) is 48.1 Å². The molecular formula is C22H27ClN6O4. The molecule has 0 spiro atoms. The lowest BCUT2D eigenvalue weighted by molar-refractivity contribution is -0.139. The van der Waals surface area contributed by atoms with Gasteiger partial charge in [0.15, 0.2) is 5.82 Å². The second-order valence-corrected chi connectivity index (χ2v) is 7.90. The fraction of sp³-hybridized carbons (Fsp3) is 0.364. The first kappa shape index (κ1) is 24.4. The molecule has 33 heavy (non-hydrogen) atoms. The van der Waals surface area contributed by atoms with Crippen molar-refractivity contribution in [2.24, 2.45) is 5.92 Å². The molecule has 1 saturated carbocycles. The third-order valence-corrected chi connectivity index (χ3v) is 5.39. The van der Waals surface area contributed by atoms with E-state index in [-0.39, 0.29) is 37.0 Å². The molecule has 5 N–H and O–H groups in total. The highest BCUT2D eigenvalue weighted by Gasteiger charge is 2.28. The molecule has 0 bridgehead atoms. The molecule has 0 radical (unpaired) electrons. The highest BCUT2D eigenvalue weighted by Crippen LogP contribution is 2.30. The average molecular weight is 475 g/mol. The minimum Gasteiger partial charge on any atom is -0.394 e. The topological polar surface area (TPSA) is 138 Å². The molecular weight excluding hydrogens is 448 g/mol. The van der Waals surface area contributed by atoms with E-state index in [9.17, 15) is 9.59 Å². The van der Waals surface area contributed by atoms with E-state index in [4.69, 9.17) is 21.5 Å². The molecule has 1 heterocycles. The minimum atomic E-state index is -0.335. The Kier molecular flexibility index (Phi) is 8.99. The summed E-state index contributed by atoms with van der Waals surface area (Å²) in [4.78, 5) is 37.6. The van der Waals surface area contributed by atoms with Crippen LogP contribution in [0.15, 0.2) is 43.1 Å². The number of benzene rings is 1. The largest absolute Gasteiger partial charge is 0.394 e. The summed E-state index contributed by atoms with van der Waals surface area (Å²) in [7, 11) is 0. The summed E-state index contributed by atoms with van der Waals surface area (Å²) in [6, 6.07) is 7.14. The van der Waals surface area contributed by atoms with Crippen molar-refractivity contribution in [1.82, 2.24) is 15.4 Å². The summed E-state index contributed by atoms with van der Waals surface area (Å²) in [5.41, 5.74) is 3.54. The number of amides is 2. The van der Waals surface area contributed by atoms with Crippen LogP contribution in [0.1, 0.15) is 25.7 Å². The Bertz CT molecular complexity index is 989. The van der Waals surface area contributed by atoms with Gasteiger partial charge >= 0.3 is 0 Å². The van der Waals surface area contributed by atoms with E-state index >= 15 is 0 Å². The van der Waals surface area contributed by atoms with Gasteiger partial charge in [0.2, 0.25) is 17.8 Å². The zero-order chi connectivity index (χ0) is 23.6. The van der Waals surface area contributed by atoms with Gasteiger partial charge in [-0.15, -0.1) is 0 Å². The molecule has 1 aromatic heterocycles. The molecule has 0 saturated heterocycles. The molecule has 2 atom stereocenters. The molecule has 1 aliphatic rings. The number of nitrogens with one attached hydrogen (secondary N) is 4. The molecule has 1 aliphatic carbocycles. The van der Waals surface area contributed by atoms with Crippen molar-refractivity contribution in [2.75, 3.05) is 29.2 Å². The smallest absolute Gasteiger partial charge is 0.247 e. The number of aliphatic hydroxyl groups is 1. The fourth-order valence-corrected chi connectivity index (χ4v) is 3.67. The van der Waals surface area contributed by atoms with Crippen LogP contribution in [0.5, 0.6) is 0 Å². The van der Waals surface area contributed by atoms with Crippen molar-refractivity contribution < 1.29 is 19.5 Å². The number of aromatic nitrogens is 2. The summed E-state index contributed by atoms with van der Waals surface area (Å²) in [5.74, 6) is -0.000178. The van der Waals surface area contributed by atoms with Crippen molar-refractivity contribution in [1.29, 1.82) is 0 Å². The lowest BCUT2D eigenvalue weighted by atomic mass is 9.85. The molecule has 3 rings (SSSR count). The van der Waals surface area contributed by atoms with Crippen molar-refractivity contribution in [3.63, 3.8) is 0 Å². The Hall–Kier alpha value is -3.21. The van der Waals surface area contributed by atoms with Crippen LogP contribution in [0.25, 0.3) is 0 Å². The third kappa shape index (κ3) is 7.14. The van der Waals surface area contributed by atoms with Crippen LogP contribution in [0.4, 0.5) is 23.1 Å². The van der Waals surface area contributed by atoms with Gasteiger partial charge in [0.25, 0.3) is 0 Å². The summed E-state index contributed by atoms with van der Waals surface area (Å²) in [5, 5.41) is 18.2.